The van der Waals surface area contributed by atoms with Crippen LogP contribution in [0, 0.1) is 5.92 Å². The van der Waals surface area contributed by atoms with Crippen molar-refractivity contribution in [3.63, 3.8) is 0 Å². The molecule has 0 rings (SSSR count). The number of aliphatic imine (C=N–C) groups is 1. The van der Waals surface area contributed by atoms with Gasteiger partial charge in [-0.3, -0.25) is 4.99 Å². The lowest BCUT2D eigenvalue weighted by Gasteiger charge is -2.21. The minimum atomic E-state index is -0.257. The molecule has 0 bridgehead atoms. The van der Waals surface area contributed by atoms with Gasteiger partial charge in [0, 0.05) is 13.2 Å². The third-order valence-electron chi connectivity index (χ3n) is 3.00. The Balaban J connectivity index is 0. The number of hydrogen-bond acceptors (Lipinski definition) is 2. The normalized spacial score (nSPS) is 14.2. The Kier molecular flexibility index (Phi) is 12.0. The monoisotopic (exact) mass is 385 g/mol. The van der Waals surface area contributed by atoms with E-state index in [0.717, 1.165) is 12.3 Å². The lowest BCUT2D eigenvalue weighted by atomic mass is 10.0. The van der Waals surface area contributed by atoms with E-state index in [1.807, 2.05) is 13.8 Å². The Hall–Kier alpha value is -0.0400. The fraction of sp³-hybridized carbons (Fsp3) is 0.929. The van der Waals surface area contributed by atoms with E-state index in [-0.39, 0.29) is 29.6 Å². The molecule has 0 aromatic rings. The molecule has 0 aliphatic carbocycles. The summed E-state index contributed by atoms with van der Waals surface area (Å²) in [5.41, 5.74) is 5.59. The Bertz CT molecular complexity index is 255. The molecule has 5 heteroatoms. The maximum Gasteiger partial charge on any atom is 0.188 e. The summed E-state index contributed by atoms with van der Waals surface area (Å²) in [6, 6.07) is 0.373. The van der Waals surface area contributed by atoms with Crippen molar-refractivity contribution in [1.82, 2.24) is 5.32 Å². The summed E-state index contributed by atoms with van der Waals surface area (Å²) in [6.45, 7) is 11.2. The number of nitrogens with two attached hydrogens (primary N) is 1. The second-order valence-corrected chi connectivity index (χ2v) is 6.04. The number of rotatable bonds is 8. The zero-order valence-corrected chi connectivity index (χ0v) is 15.7. The maximum atomic E-state index is 5.85. The number of halogens is 1. The smallest absolute Gasteiger partial charge is 0.188 e. The van der Waals surface area contributed by atoms with Gasteiger partial charge in [0.15, 0.2) is 5.96 Å². The standard InChI is InChI=1S/C14H31N3O.HI/c1-11(2)8-7-9-12(3)17-13(15)16-10-14(4,5)18-6;/h11-12H,7-10H2,1-6H3,(H3,15,16,17);1H. The van der Waals surface area contributed by atoms with Crippen molar-refractivity contribution in [2.24, 2.45) is 16.6 Å². The highest BCUT2D eigenvalue weighted by Crippen LogP contribution is 2.09. The molecule has 1 atom stereocenters. The second-order valence-electron chi connectivity index (χ2n) is 6.04. The molecule has 0 saturated carbocycles. The number of methoxy groups -OCH3 is 1. The fourth-order valence-corrected chi connectivity index (χ4v) is 1.54. The lowest BCUT2D eigenvalue weighted by molar-refractivity contribution is 0.0311. The van der Waals surface area contributed by atoms with Crippen LogP contribution in [0.5, 0.6) is 0 Å². The number of hydrogen-bond donors (Lipinski definition) is 2. The van der Waals surface area contributed by atoms with Crippen LogP contribution in [0.15, 0.2) is 4.99 Å². The first-order valence-corrected chi connectivity index (χ1v) is 6.88. The zero-order valence-electron chi connectivity index (χ0n) is 13.3. The summed E-state index contributed by atoms with van der Waals surface area (Å²) in [6.07, 6.45) is 3.62. The van der Waals surface area contributed by atoms with Crippen LogP contribution >= 0.6 is 24.0 Å². The first kappa shape index (κ1) is 21.3. The van der Waals surface area contributed by atoms with Crippen molar-refractivity contribution < 1.29 is 4.74 Å². The van der Waals surface area contributed by atoms with Crippen molar-refractivity contribution in [3.8, 4) is 0 Å². The van der Waals surface area contributed by atoms with Gasteiger partial charge in [-0.25, -0.2) is 0 Å². The largest absolute Gasteiger partial charge is 0.377 e. The molecule has 0 radical (unpaired) electrons. The lowest BCUT2D eigenvalue weighted by Crippen LogP contribution is -2.40. The number of guanidine groups is 1. The molecule has 3 N–H and O–H groups in total. The molecule has 1 unspecified atom stereocenters. The molecule has 116 valence electrons. The van der Waals surface area contributed by atoms with Crippen LogP contribution in [0.4, 0.5) is 0 Å². The first-order chi connectivity index (χ1) is 8.26. The SMILES string of the molecule is COC(C)(C)CN=C(N)NC(C)CCCC(C)C.I. The Morgan fingerprint density at radius 3 is 2.32 bits per heavy atom. The summed E-state index contributed by atoms with van der Waals surface area (Å²) in [5, 5.41) is 3.22. The summed E-state index contributed by atoms with van der Waals surface area (Å²) < 4.78 is 5.29. The van der Waals surface area contributed by atoms with Gasteiger partial charge >= 0.3 is 0 Å². The Labute approximate surface area is 136 Å². The van der Waals surface area contributed by atoms with E-state index in [0.29, 0.717) is 18.5 Å². The second kappa shape index (κ2) is 10.7. The van der Waals surface area contributed by atoms with Crippen molar-refractivity contribution >= 4 is 29.9 Å². The highest BCUT2D eigenvalue weighted by Gasteiger charge is 2.15. The average molecular weight is 385 g/mol. The van der Waals surface area contributed by atoms with Gasteiger partial charge in [0.2, 0.25) is 0 Å². The molecule has 0 amide bonds. The highest BCUT2D eigenvalue weighted by molar-refractivity contribution is 14.0. The molecule has 0 fully saturated rings. The summed E-state index contributed by atoms with van der Waals surface area (Å²) >= 11 is 0. The van der Waals surface area contributed by atoms with Crippen LogP contribution in [0.25, 0.3) is 0 Å². The topological polar surface area (TPSA) is 59.6 Å². The van der Waals surface area contributed by atoms with Crippen molar-refractivity contribution in [2.75, 3.05) is 13.7 Å². The van der Waals surface area contributed by atoms with E-state index in [1.165, 1.54) is 12.8 Å². The minimum absolute atomic E-state index is 0. The molecule has 0 spiro atoms. The van der Waals surface area contributed by atoms with E-state index in [2.05, 4.69) is 31.1 Å². The number of ether oxygens (including phenoxy) is 1. The van der Waals surface area contributed by atoms with Gasteiger partial charge in [0.05, 0.1) is 12.1 Å². The van der Waals surface area contributed by atoms with Crippen LogP contribution in [-0.2, 0) is 4.74 Å². The van der Waals surface area contributed by atoms with Gasteiger partial charge in [-0.2, -0.15) is 0 Å². The highest BCUT2D eigenvalue weighted by atomic mass is 127. The maximum absolute atomic E-state index is 5.85. The predicted molar refractivity (Wildman–Crippen MR) is 94.3 cm³/mol. The summed E-state index contributed by atoms with van der Waals surface area (Å²) in [4.78, 5) is 4.31. The Morgan fingerprint density at radius 2 is 1.84 bits per heavy atom. The molecule has 0 aromatic heterocycles. The molecular formula is C14H32IN3O. The summed E-state index contributed by atoms with van der Waals surface area (Å²) in [5.74, 6) is 1.28. The van der Waals surface area contributed by atoms with E-state index in [4.69, 9.17) is 10.5 Å². The number of nitrogens with one attached hydrogen (secondary N) is 1. The fourth-order valence-electron chi connectivity index (χ4n) is 1.54. The van der Waals surface area contributed by atoms with E-state index in [1.54, 1.807) is 7.11 Å². The van der Waals surface area contributed by atoms with Crippen LogP contribution in [0.3, 0.4) is 0 Å². The van der Waals surface area contributed by atoms with E-state index >= 15 is 0 Å². The van der Waals surface area contributed by atoms with Gasteiger partial charge in [-0.05, 0) is 33.1 Å². The van der Waals surface area contributed by atoms with Crippen molar-refractivity contribution in [1.29, 1.82) is 0 Å². The quantitative estimate of drug-likeness (QED) is 0.383. The molecular weight excluding hydrogens is 353 g/mol. The molecule has 19 heavy (non-hydrogen) atoms. The van der Waals surface area contributed by atoms with Crippen LogP contribution in [0.1, 0.15) is 53.9 Å². The molecule has 0 saturated heterocycles. The molecule has 0 heterocycles. The van der Waals surface area contributed by atoms with Crippen molar-refractivity contribution in [3.05, 3.63) is 0 Å². The molecule has 0 aliphatic heterocycles. The third kappa shape index (κ3) is 12.7. The number of nitrogens with zero attached hydrogens (tertiary/aromatic N) is 1. The molecule has 0 aliphatic rings. The first-order valence-electron chi connectivity index (χ1n) is 6.88. The molecule has 0 aromatic carbocycles. The van der Waals surface area contributed by atoms with Gasteiger partial charge in [0.25, 0.3) is 0 Å². The van der Waals surface area contributed by atoms with Gasteiger partial charge < -0.3 is 15.8 Å². The van der Waals surface area contributed by atoms with Gasteiger partial charge in [-0.15, -0.1) is 24.0 Å². The molecule has 4 nitrogen and oxygen atoms in total. The van der Waals surface area contributed by atoms with E-state index in [9.17, 15) is 0 Å². The Morgan fingerprint density at radius 1 is 1.26 bits per heavy atom. The van der Waals surface area contributed by atoms with Crippen LogP contribution < -0.4 is 11.1 Å². The van der Waals surface area contributed by atoms with Gasteiger partial charge in [-0.1, -0.05) is 26.7 Å². The van der Waals surface area contributed by atoms with Crippen molar-refractivity contribution in [2.45, 2.75) is 65.5 Å². The average Bonchev–Trinajstić information content (AvgIpc) is 2.26. The van der Waals surface area contributed by atoms with E-state index < -0.39 is 0 Å². The van der Waals surface area contributed by atoms with Crippen LogP contribution in [-0.4, -0.2) is 31.3 Å². The van der Waals surface area contributed by atoms with Gasteiger partial charge in [0.1, 0.15) is 0 Å². The zero-order chi connectivity index (χ0) is 14.2. The van der Waals surface area contributed by atoms with Crippen LogP contribution in [0.2, 0.25) is 0 Å². The summed E-state index contributed by atoms with van der Waals surface area (Å²) in [7, 11) is 1.69. The third-order valence-corrected chi connectivity index (χ3v) is 3.00. The predicted octanol–water partition coefficient (Wildman–Crippen LogP) is 3.15. The minimum Gasteiger partial charge on any atom is -0.377 e.